The maximum Gasteiger partial charge on any atom is 0.235 e. The predicted octanol–water partition coefficient (Wildman–Crippen LogP) is 4.09. The molecule has 5 heteroatoms. The van der Waals surface area contributed by atoms with Crippen molar-refractivity contribution in [1.29, 1.82) is 0 Å². The monoisotopic (exact) mass is 294 g/mol. The van der Waals surface area contributed by atoms with Gasteiger partial charge in [-0.05, 0) is 23.8 Å². The van der Waals surface area contributed by atoms with Crippen LogP contribution in [0.15, 0.2) is 54.7 Å². The molecule has 22 heavy (non-hydrogen) atoms. The number of H-pyrrole nitrogens is 1. The molecule has 0 atom stereocenters. The van der Waals surface area contributed by atoms with Crippen molar-refractivity contribution in [2.75, 3.05) is 7.11 Å². The van der Waals surface area contributed by atoms with Crippen LogP contribution in [-0.2, 0) is 0 Å². The highest BCUT2D eigenvalue weighted by atomic mass is 16.6. The van der Waals surface area contributed by atoms with Crippen molar-refractivity contribution in [2.45, 2.75) is 0 Å². The average molecular weight is 294 g/mol. The Bertz CT molecular complexity index is 851. The molecule has 0 unspecified atom stereocenters. The molecule has 0 saturated heterocycles. The standard InChI is InChI=1S/C17H14N2O3/c1-22-13-7-8-16-15(11-13)14(9-10-19(20)21)17(18-16)12-5-3-2-4-6-12/h2-11,18H,1H3/b10-9+. The number of ether oxygens (including phenoxy) is 1. The van der Waals surface area contributed by atoms with E-state index in [0.717, 1.165) is 33.9 Å². The van der Waals surface area contributed by atoms with Gasteiger partial charge >= 0.3 is 0 Å². The summed E-state index contributed by atoms with van der Waals surface area (Å²) in [6.45, 7) is 0. The first kappa shape index (κ1) is 13.9. The summed E-state index contributed by atoms with van der Waals surface area (Å²) >= 11 is 0. The molecule has 0 bridgehead atoms. The Kier molecular flexibility index (Phi) is 3.62. The SMILES string of the molecule is COc1ccc2[nH]c(-c3ccccc3)c(/C=C/[N+](=O)[O-])c2c1. The lowest BCUT2D eigenvalue weighted by Gasteiger charge is -2.01. The number of nitro groups is 1. The van der Waals surface area contributed by atoms with E-state index in [1.165, 1.54) is 6.08 Å². The Morgan fingerprint density at radius 2 is 1.95 bits per heavy atom. The molecule has 1 aromatic heterocycles. The average Bonchev–Trinajstić information content (AvgIpc) is 2.91. The molecule has 2 aromatic carbocycles. The quantitative estimate of drug-likeness (QED) is 0.582. The summed E-state index contributed by atoms with van der Waals surface area (Å²) in [6, 6.07) is 15.4. The predicted molar refractivity (Wildman–Crippen MR) is 86.3 cm³/mol. The molecule has 5 nitrogen and oxygen atoms in total. The van der Waals surface area contributed by atoms with E-state index in [-0.39, 0.29) is 0 Å². The molecule has 110 valence electrons. The number of aromatic nitrogens is 1. The number of hydrogen-bond donors (Lipinski definition) is 1. The summed E-state index contributed by atoms with van der Waals surface area (Å²) in [5, 5.41) is 11.6. The van der Waals surface area contributed by atoms with Gasteiger partial charge in [-0.1, -0.05) is 30.3 Å². The molecule has 0 amide bonds. The minimum absolute atomic E-state index is 0.465. The number of fused-ring (bicyclic) bond motifs is 1. The third kappa shape index (κ3) is 2.56. The Hall–Kier alpha value is -3.08. The lowest BCUT2D eigenvalue weighted by Crippen LogP contribution is -1.85. The number of nitrogens with zero attached hydrogens (tertiary/aromatic N) is 1. The minimum Gasteiger partial charge on any atom is -0.497 e. The fraction of sp³-hybridized carbons (Fsp3) is 0.0588. The molecule has 0 aliphatic rings. The van der Waals surface area contributed by atoms with Gasteiger partial charge in [-0.2, -0.15) is 0 Å². The van der Waals surface area contributed by atoms with Gasteiger partial charge < -0.3 is 9.72 Å². The lowest BCUT2D eigenvalue weighted by atomic mass is 10.1. The summed E-state index contributed by atoms with van der Waals surface area (Å²) in [5.41, 5.74) is 3.50. The Morgan fingerprint density at radius 3 is 2.64 bits per heavy atom. The molecule has 3 rings (SSSR count). The third-order valence-corrected chi connectivity index (χ3v) is 3.47. The van der Waals surface area contributed by atoms with Gasteiger partial charge in [0, 0.05) is 22.5 Å². The zero-order valence-electron chi connectivity index (χ0n) is 11.9. The van der Waals surface area contributed by atoms with E-state index in [0.29, 0.717) is 5.75 Å². The number of rotatable bonds is 4. The van der Waals surface area contributed by atoms with Crippen LogP contribution in [0, 0.1) is 10.1 Å². The zero-order valence-corrected chi connectivity index (χ0v) is 11.9. The highest BCUT2D eigenvalue weighted by Gasteiger charge is 2.12. The van der Waals surface area contributed by atoms with Crippen LogP contribution >= 0.6 is 0 Å². The topological polar surface area (TPSA) is 68.2 Å². The summed E-state index contributed by atoms with van der Waals surface area (Å²) in [6.07, 6.45) is 2.47. The molecule has 0 saturated carbocycles. The molecule has 0 aliphatic heterocycles. The first-order chi connectivity index (χ1) is 10.7. The molecule has 0 spiro atoms. The first-order valence-electron chi connectivity index (χ1n) is 6.76. The second-order valence-electron chi connectivity index (χ2n) is 4.79. The number of aromatic amines is 1. The van der Waals surface area contributed by atoms with Gasteiger partial charge in [-0.25, -0.2) is 0 Å². The van der Waals surface area contributed by atoms with Gasteiger partial charge in [-0.3, -0.25) is 10.1 Å². The van der Waals surface area contributed by atoms with Crippen molar-refractivity contribution < 1.29 is 9.66 Å². The fourth-order valence-electron chi connectivity index (χ4n) is 2.46. The van der Waals surface area contributed by atoms with E-state index in [1.807, 2.05) is 48.5 Å². The Balaban J connectivity index is 2.26. The van der Waals surface area contributed by atoms with Crippen LogP contribution in [0.4, 0.5) is 0 Å². The molecule has 1 heterocycles. The fourth-order valence-corrected chi connectivity index (χ4v) is 2.46. The smallest absolute Gasteiger partial charge is 0.235 e. The third-order valence-electron chi connectivity index (χ3n) is 3.47. The molecular formula is C17H14N2O3. The van der Waals surface area contributed by atoms with Crippen molar-refractivity contribution in [2.24, 2.45) is 0 Å². The normalized spacial score (nSPS) is 11.1. The van der Waals surface area contributed by atoms with Crippen LogP contribution in [0.1, 0.15) is 5.56 Å². The van der Waals surface area contributed by atoms with Crippen molar-refractivity contribution >= 4 is 17.0 Å². The largest absolute Gasteiger partial charge is 0.497 e. The van der Waals surface area contributed by atoms with E-state index in [1.54, 1.807) is 7.11 Å². The Labute approximate surface area is 127 Å². The van der Waals surface area contributed by atoms with Gasteiger partial charge in [0.2, 0.25) is 6.20 Å². The number of benzene rings is 2. The van der Waals surface area contributed by atoms with Crippen molar-refractivity contribution in [3.05, 3.63) is 70.4 Å². The first-order valence-corrected chi connectivity index (χ1v) is 6.76. The van der Waals surface area contributed by atoms with E-state index >= 15 is 0 Å². The summed E-state index contributed by atoms with van der Waals surface area (Å²) in [7, 11) is 1.60. The van der Waals surface area contributed by atoms with Gasteiger partial charge in [0.1, 0.15) is 5.75 Å². The second kappa shape index (κ2) is 5.73. The van der Waals surface area contributed by atoms with Gasteiger partial charge in [0.25, 0.3) is 0 Å². The van der Waals surface area contributed by atoms with Crippen molar-refractivity contribution in [1.82, 2.24) is 4.98 Å². The van der Waals surface area contributed by atoms with Crippen molar-refractivity contribution in [3.8, 4) is 17.0 Å². The summed E-state index contributed by atoms with van der Waals surface area (Å²) < 4.78 is 5.25. The van der Waals surface area contributed by atoms with Gasteiger partial charge in [0.05, 0.1) is 17.7 Å². The van der Waals surface area contributed by atoms with Gasteiger partial charge in [-0.15, -0.1) is 0 Å². The van der Waals surface area contributed by atoms with Crippen LogP contribution in [0.2, 0.25) is 0 Å². The lowest BCUT2D eigenvalue weighted by molar-refractivity contribution is -0.400. The number of hydrogen-bond acceptors (Lipinski definition) is 3. The van der Waals surface area contributed by atoms with E-state index in [2.05, 4.69) is 4.98 Å². The molecule has 1 N–H and O–H groups in total. The van der Waals surface area contributed by atoms with Crippen LogP contribution < -0.4 is 4.74 Å². The van der Waals surface area contributed by atoms with E-state index in [4.69, 9.17) is 4.74 Å². The van der Waals surface area contributed by atoms with Crippen LogP contribution in [0.3, 0.4) is 0 Å². The number of nitrogens with one attached hydrogen (secondary N) is 1. The minimum atomic E-state index is -0.465. The van der Waals surface area contributed by atoms with Crippen LogP contribution in [-0.4, -0.2) is 17.0 Å². The Morgan fingerprint density at radius 1 is 1.18 bits per heavy atom. The molecular weight excluding hydrogens is 280 g/mol. The van der Waals surface area contributed by atoms with E-state index < -0.39 is 4.92 Å². The molecule has 0 fully saturated rings. The molecule has 3 aromatic rings. The van der Waals surface area contributed by atoms with Crippen molar-refractivity contribution in [3.63, 3.8) is 0 Å². The maximum atomic E-state index is 10.7. The number of methoxy groups -OCH3 is 1. The molecule has 0 radical (unpaired) electrons. The van der Waals surface area contributed by atoms with Crippen LogP contribution in [0.25, 0.3) is 28.2 Å². The highest BCUT2D eigenvalue weighted by molar-refractivity contribution is 5.97. The summed E-state index contributed by atoms with van der Waals surface area (Å²) in [5.74, 6) is 0.710. The van der Waals surface area contributed by atoms with Crippen LogP contribution in [0.5, 0.6) is 5.75 Å². The van der Waals surface area contributed by atoms with Gasteiger partial charge in [0.15, 0.2) is 0 Å². The molecule has 0 aliphatic carbocycles. The zero-order chi connectivity index (χ0) is 15.5. The maximum absolute atomic E-state index is 10.7. The summed E-state index contributed by atoms with van der Waals surface area (Å²) in [4.78, 5) is 13.5. The second-order valence-corrected chi connectivity index (χ2v) is 4.79. The van der Waals surface area contributed by atoms with E-state index in [9.17, 15) is 10.1 Å². The highest BCUT2D eigenvalue weighted by Crippen LogP contribution is 2.33.